The molecule has 1 saturated heterocycles. The summed E-state index contributed by atoms with van der Waals surface area (Å²) < 4.78 is 10.6. The zero-order chi connectivity index (χ0) is 24.8. The van der Waals surface area contributed by atoms with Gasteiger partial charge in [-0.2, -0.15) is 0 Å². The number of anilines is 2. The number of hydrogen-bond acceptors (Lipinski definition) is 6. The van der Waals surface area contributed by atoms with E-state index in [9.17, 15) is 9.59 Å². The number of amides is 2. The van der Waals surface area contributed by atoms with Crippen LogP contribution in [-0.2, 0) is 4.74 Å². The van der Waals surface area contributed by atoms with Crippen LogP contribution in [0, 0.1) is 12.3 Å². The van der Waals surface area contributed by atoms with E-state index < -0.39 is 5.91 Å². The van der Waals surface area contributed by atoms with Crippen molar-refractivity contribution in [3.63, 3.8) is 0 Å². The molecule has 1 aliphatic heterocycles. The van der Waals surface area contributed by atoms with Crippen LogP contribution in [0.3, 0.4) is 0 Å². The van der Waals surface area contributed by atoms with Gasteiger partial charge in [-0.3, -0.25) is 15.0 Å². The van der Waals surface area contributed by atoms with Crippen LogP contribution in [0.5, 0.6) is 5.75 Å². The van der Waals surface area contributed by atoms with Crippen LogP contribution in [0.1, 0.15) is 31.8 Å². The number of amidine groups is 1. The Kier molecular flexibility index (Phi) is 7.37. The molecule has 9 nitrogen and oxygen atoms in total. The number of nitrogens with zero attached hydrogens (tertiary/aromatic N) is 2. The van der Waals surface area contributed by atoms with Gasteiger partial charge in [-0.05, 0) is 48.9 Å². The molecule has 0 radical (unpaired) electrons. The molecule has 180 valence electrons. The molecule has 0 atom stereocenters. The standard InChI is InChI=1S/C26H27N5O4/c1-17-3-10-23(28-16-17)30-26(33)21-15-20(34-2)8-9-22(21)29-25(32)19-6-4-18(5-7-19)24(27)31-11-13-35-14-12-31/h3-10,15-16,27H,11-14H2,1-2H3,(H,29,32)(H,28,30,33). The molecule has 35 heavy (non-hydrogen) atoms. The number of rotatable bonds is 6. The van der Waals surface area contributed by atoms with Crippen molar-refractivity contribution in [2.75, 3.05) is 44.0 Å². The number of hydrogen-bond donors (Lipinski definition) is 3. The smallest absolute Gasteiger partial charge is 0.259 e. The van der Waals surface area contributed by atoms with Crippen molar-refractivity contribution in [3.8, 4) is 5.75 Å². The third-order valence-electron chi connectivity index (χ3n) is 5.62. The Morgan fingerprint density at radius 3 is 2.34 bits per heavy atom. The van der Waals surface area contributed by atoms with Crippen molar-refractivity contribution < 1.29 is 19.1 Å². The number of aryl methyl sites for hydroxylation is 1. The number of aromatic nitrogens is 1. The average molecular weight is 474 g/mol. The highest BCUT2D eigenvalue weighted by Gasteiger charge is 2.18. The van der Waals surface area contributed by atoms with Crippen molar-refractivity contribution in [1.29, 1.82) is 5.41 Å². The predicted molar refractivity (Wildman–Crippen MR) is 134 cm³/mol. The first kappa shape index (κ1) is 23.9. The Hall–Kier alpha value is -4.24. The van der Waals surface area contributed by atoms with Gasteiger partial charge in [0, 0.05) is 30.4 Å². The summed E-state index contributed by atoms with van der Waals surface area (Å²) in [6, 6.07) is 15.2. The molecule has 0 saturated carbocycles. The molecule has 2 heterocycles. The largest absolute Gasteiger partial charge is 0.497 e. The summed E-state index contributed by atoms with van der Waals surface area (Å²) in [7, 11) is 1.51. The molecule has 3 N–H and O–H groups in total. The van der Waals surface area contributed by atoms with E-state index >= 15 is 0 Å². The van der Waals surface area contributed by atoms with Crippen LogP contribution in [0.2, 0.25) is 0 Å². The molecule has 0 unspecified atom stereocenters. The molecule has 2 amide bonds. The van der Waals surface area contributed by atoms with Gasteiger partial charge < -0.3 is 25.0 Å². The van der Waals surface area contributed by atoms with Gasteiger partial charge >= 0.3 is 0 Å². The quantitative estimate of drug-likeness (QED) is 0.372. The van der Waals surface area contributed by atoms with Gasteiger partial charge in [0.25, 0.3) is 11.8 Å². The maximum absolute atomic E-state index is 13.0. The molecule has 1 aliphatic rings. The second kappa shape index (κ2) is 10.8. The van der Waals surface area contributed by atoms with E-state index in [4.69, 9.17) is 14.9 Å². The van der Waals surface area contributed by atoms with E-state index in [1.165, 1.54) is 7.11 Å². The lowest BCUT2D eigenvalue weighted by Crippen LogP contribution is -2.40. The maximum atomic E-state index is 13.0. The number of nitrogens with one attached hydrogen (secondary N) is 3. The fourth-order valence-electron chi connectivity index (χ4n) is 3.62. The number of pyridine rings is 1. The number of carbonyl (C=O) groups excluding carboxylic acids is 2. The fourth-order valence-corrected chi connectivity index (χ4v) is 3.62. The fraction of sp³-hybridized carbons (Fsp3) is 0.231. The Bertz CT molecular complexity index is 1220. The number of carbonyl (C=O) groups is 2. The first-order valence-electron chi connectivity index (χ1n) is 11.2. The van der Waals surface area contributed by atoms with Crippen LogP contribution < -0.4 is 15.4 Å². The monoisotopic (exact) mass is 473 g/mol. The lowest BCUT2D eigenvalue weighted by Gasteiger charge is -2.29. The summed E-state index contributed by atoms with van der Waals surface area (Å²) in [5, 5.41) is 14.0. The van der Waals surface area contributed by atoms with E-state index in [1.807, 2.05) is 17.9 Å². The Morgan fingerprint density at radius 2 is 1.69 bits per heavy atom. The van der Waals surface area contributed by atoms with E-state index in [1.54, 1.807) is 54.7 Å². The maximum Gasteiger partial charge on any atom is 0.259 e. The zero-order valence-corrected chi connectivity index (χ0v) is 19.6. The summed E-state index contributed by atoms with van der Waals surface area (Å²) in [6.45, 7) is 4.44. The highest BCUT2D eigenvalue weighted by Crippen LogP contribution is 2.24. The minimum Gasteiger partial charge on any atom is -0.497 e. The number of ether oxygens (including phenoxy) is 2. The molecule has 0 bridgehead atoms. The summed E-state index contributed by atoms with van der Waals surface area (Å²) >= 11 is 0. The van der Waals surface area contributed by atoms with Gasteiger partial charge in [0.2, 0.25) is 0 Å². The molecular weight excluding hydrogens is 446 g/mol. The van der Waals surface area contributed by atoms with Crippen LogP contribution in [0.4, 0.5) is 11.5 Å². The van der Waals surface area contributed by atoms with Crippen molar-refractivity contribution >= 4 is 29.2 Å². The third-order valence-corrected chi connectivity index (χ3v) is 5.62. The highest BCUT2D eigenvalue weighted by molar-refractivity contribution is 6.12. The second-order valence-corrected chi connectivity index (χ2v) is 8.07. The van der Waals surface area contributed by atoms with Crippen LogP contribution in [0.15, 0.2) is 60.8 Å². The summed E-state index contributed by atoms with van der Waals surface area (Å²) in [4.78, 5) is 32.1. The van der Waals surface area contributed by atoms with Crippen LogP contribution >= 0.6 is 0 Å². The summed E-state index contributed by atoms with van der Waals surface area (Å²) in [6.07, 6.45) is 1.66. The lowest BCUT2D eigenvalue weighted by molar-refractivity contribution is 0.0680. The first-order valence-corrected chi connectivity index (χ1v) is 11.2. The first-order chi connectivity index (χ1) is 16.9. The van der Waals surface area contributed by atoms with Gasteiger partial charge in [0.05, 0.1) is 31.6 Å². The normalized spacial score (nSPS) is 13.1. The van der Waals surface area contributed by atoms with Crippen molar-refractivity contribution in [2.45, 2.75) is 6.92 Å². The van der Waals surface area contributed by atoms with Crippen LogP contribution in [0.25, 0.3) is 0 Å². The molecule has 0 spiro atoms. The van der Waals surface area contributed by atoms with Gasteiger partial charge in [0.15, 0.2) is 0 Å². The molecule has 4 rings (SSSR count). The van der Waals surface area contributed by atoms with Gasteiger partial charge in [-0.1, -0.05) is 18.2 Å². The van der Waals surface area contributed by atoms with Crippen molar-refractivity contribution in [3.05, 3.63) is 83.0 Å². The molecule has 3 aromatic rings. The highest BCUT2D eigenvalue weighted by atomic mass is 16.5. The van der Waals surface area contributed by atoms with E-state index in [2.05, 4.69) is 15.6 Å². The molecular formula is C26H27N5O4. The Labute approximate surface area is 203 Å². The Morgan fingerprint density at radius 1 is 0.971 bits per heavy atom. The van der Waals surface area contributed by atoms with E-state index in [-0.39, 0.29) is 11.5 Å². The molecule has 9 heteroatoms. The summed E-state index contributed by atoms with van der Waals surface area (Å²) in [5.74, 6) is 0.487. The number of morpholine rings is 1. The van der Waals surface area contributed by atoms with E-state index in [0.717, 1.165) is 11.1 Å². The minimum atomic E-state index is -0.426. The molecule has 0 aliphatic carbocycles. The predicted octanol–water partition coefficient (Wildman–Crippen LogP) is 3.56. The van der Waals surface area contributed by atoms with Gasteiger partial charge in [-0.25, -0.2) is 4.98 Å². The number of benzene rings is 2. The van der Waals surface area contributed by atoms with Gasteiger partial charge in [-0.15, -0.1) is 0 Å². The van der Waals surface area contributed by atoms with Crippen LogP contribution in [-0.4, -0.2) is 60.9 Å². The SMILES string of the molecule is COc1ccc(NC(=O)c2ccc(C(=N)N3CCOCC3)cc2)c(C(=O)Nc2ccc(C)cn2)c1. The van der Waals surface area contributed by atoms with Gasteiger partial charge in [0.1, 0.15) is 17.4 Å². The average Bonchev–Trinajstić information content (AvgIpc) is 2.90. The topological polar surface area (TPSA) is 117 Å². The summed E-state index contributed by atoms with van der Waals surface area (Å²) in [5.41, 5.74) is 2.68. The lowest BCUT2D eigenvalue weighted by atomic mass is 10.1. The molecule has 2 aromatic carbocycles. The second-order valence-electron chi connectivity index (χ2n) is 8.07. The number of methoxy groups -OCH3 is 1. The zero-order valence-electron chi connectivity index (χ0n) is 19.6. The molecule has 1 aromatic heterocycles. The Balaban J connectivity index is 1.49. The van der Waals surface area contributed by atoms with Crippen molar-refractivity contribution in [1.82, 2.24) is 9.88 Å². The third kappa shape index (κ3) is 5.82. The van der Waals surface area contributed by atoms with Crippen molar-refractivity contribution in [2.24, 2.45) is 0 Å². The molecule has 1 fully saturated rings. The minimum absolute atomic E-state index is 0.241. The van der Waals surface area contributed by atoms with E-state index in [0.29, 0.717) is 55.0 Å².